The van der Waals surface area contributed by atoms with Crippen molar-refractivity contribution in [3.05, 3.63) is 76.7 Å². The SMILES string of the molecule is N#Cc1ccccc1Sc1ccccc1C(=O)OCC(=O)Nc1sccc1C#N. The van der Waals surface area contributed by atoms with E-state index in [9.17, 15) is 14.9 Å². The third-order valence-corrected chi connectivity index (χ3v) is 5.69. The van der Waals surface area contributed by atoms with Gasteiger partial charge >= 0.3 is 5.97 Å². The van der Waals surface area contributed by atoms with E-state index in [0.29, 0.717) is 26.6 Å². The summed E-state index contributed by atoms with van der Waals surface area (Å²) < 4.78 is 5.14. The molecule has 0 atom stereocenters. The molecule has 6 nitrogen and oxygen atoms in total. The minimum absolute atomic E-state index is 0.298. The van der Waals surface area contributed by atoms with Crippen LogP contribution < -0.4 is 5.32 Å². The number of amides is 1. The van der Waals surface area contributed by atoms with Gasteiger partial charge < -0.3 is 10.1 Å². The number of thiophene rings is 1. The Balaban J connectivity index is 1.68. The van der Waals surface area contributed by atoms with Gasteiger partial charge in [0, 0.05) is 9.79 Å². The molecule has 8 heteroatoms. The van der Waals surface area contributed by atoms with Crippen LogP contribution in [0, 0.1) is 22.7 Å². The number of nitrogens with one attached hydrogen (secondary N) is 1. The molecule has 142 valence electrons. The molecule has 1 aromatic heterocycles. The van der Waals surface area contributed by atoms with Gasteiger partial charge in [-0.05, 0) is 35.7 Å². The summed E-state index contributed by atoms with van der Waals surface area (Å²) in [5.74, 6) is -1.18. The van der Waals surface area contributed by atoms with Crippen LogP contribution in [-0.4, -0.2) is 18.5 Å². The fourth-order valence-corrected chi connectivity index (χ4v) is 4.13. The average Bonchev–Trinajstić information content (AvgIpc) is 3.19. The molecule has 0 saturated heterocycles. The third kappa shape index (κ3) is 5.02. The van der Waals surface area contributed by atoms with Crippen molar-refractivity contribution in [2.75, 3.05) is 11.9 Å². The lowest BCUT2D eigenvalue weighted by Gasteiger charge is -2.10. The van der Waals surface area contributed by atoms with Crippen LogP contribution in [0.5, 0.6) is 0 Å². The van der Waals surface area contributed by atoms with E-state index in [1.165, 1.54) is 23.1 Å². The first-order chi connectivity index (χ1) is 14.1. The maximum Gasteiger partial charge on any atom is 0.339 e. The Labute approximate surface area is 175 Å². The van der Waals surface area contributed by atoms with Crippen LogP contribution in [0.2, 0.25) is 0 Å². The Morgan fingerprint density at radius 1 is 0.966 bits per heavy atom. The maximum absolute atomic E-state index is 12.5. The highest BCUT2D eigenvalue weighted by atomic mass is 32.2. The first kappa shape index (κ1) is 20.2. The highest BCUT2D eigenvalue weighted by molar-refractivity contribution is 7.99. The zero-order chi connectivity index (χ0) is 20.6. The number of esters is 1. The number of carbonyl (C=O) groups is 2. The number of ether oxygens (including phenoxy) is 1. The minimum atomic E-state index is -0.649. The summed E-state index contributed by atoms with van der Waals surface area (Å²) in [5.41, 5.74) is 1.16. The van der Waals surface area contributed by atoms with Gasteiger partial charge in [0.1, 0.15) is 17.1 Å². The van der Waals surface area contributed by atoms with E-state index in [1.807, 2.05) is 12.1 Å². The van der Waals surface area contributed by atoms with E-state index in [4.69, 9.17) is 10.00 Å². The molecule has 0 unspecified atom stereocenters. The number of nitrogens with zero attached hydrogens (tertiary/aromatic N) is 2. The lowest BCUT2D eigenvalue weighted by Crippen LogP contribution is -2.21. The number of anilines is 1. The molecule has 1 N–H and O–H groups in total. The van der Waals surface area contributed by atoms with Gasteiger partial charge in [-0.2, -0.15) is 10.5 Å². The van der Waals surface area contributed by atoms with Gasteiger partial charge in [0.25, 0.3) is 5.91 Å². The van der Waals surface area contributed by atoms with Crippen LogP contribution in [0.15, 0.2) is 69.8 Å². The molecule has 0 aliphatic heterocycles. The highest BCUT2D eigenvalue weighted by Gasteiger charge is 2.17. The lowest BCUT2D eigenvalue weighted by molar-refractivity contribution is -0.119. The summed E-state index contributed by atoms with van der Waals surface area (Å²) in [7, 11) is 0. The van der Waals surface area contributed by atoms with Crippen molar-refractivity contribution in [3.8, 4) is 12.1 Å². The Kier molecular flexibility index (Phi) is 6.64. The molecular formula is C21H13N3O3S2. The van der Waals surface area contributed by atoms with E-state index < -0.39 is 18.5 Å². The molecule has 0 spiro atoms. The molecular weight excluding hydrogens is 406 g/mol. The number of nitriles is 2. The van der Waals surface area contributed by atoms with Crippen molar-refractivity contribution in [3.63, 3.8) is 0 Å². The van der Waals surface area contributed by atoms with Crippen molar-refractivity contribution in [1.29, 1.82) is 10.5 Å². The fourth-order valence-electron chi connectivity index (χ4n) is 2.36. The van der Waals surface area contributed by atoms with E-state index in [2.05, 4.69) is 11.4 Å². The quantitative estimate of drug-likeness (QED) is 0.593. The Bertz CT molecular complexity index is 1140. The summed E-state index contributed by atoms with van der Waals surface area (Å²) in [6, 6.07) is 19.6. The van der Waals surface area contributed by atoms with E-state index in [-0.39, 0.29) is 0 Å². The lowest BCUT2D eigenvalue weighted by atomic mass is 10.2. The smallest absolute Gasteiger partial charge is 0.339 e. The molecule has 0 aliphatic carbocycles. The number of benzene rings is 2. The molecule has 0 aliphatic rings. The van der Waals surface area contributed by atoms with Crippen LogP contribution >= 0.6 is 23.1 Å². The van der Waals surface area contributed by atoms with Crippen molar-refractivity contribution in [1.82, 2.24) is 0 Å². The average molecular weight is 419 g/mol. The fraction of sp³-hybridized carbons (Fsp3) is 0.0476. The molecule has 3 rings (SSSR count). The van der Waals surface area contributed by atoms with Gasteiger partial charge in [-0.3, -0.25) is 4.79 Å². The summed E-state index contributed by atoms with van der Waals surface area (Å²) in [6.45, 7) is -0.477. The van der Waals surface area contributed by atoms with Crippen molar-refractivity contribution in [2.45, 2.75) is 9.79 Å². The zero-order valence-corrected chi connectivity index (χ0v) is 16.5. The van der Waals surface area contributed by atoms with Gasteiger partial charge in [-0.25, -0.2) is 4.79 Å². The van der Waals surface area contributed by atoms with Gasteiger partial charge in [-0.1, -0.05) is 36.0 Å². The molecule has 0 fully saturated rings. The number of hydrogen-bond acceptors (Lipinski definition) is 7. The monoisotopic (exact) mass is 419 g/mol. The Morgan fingerprint density at radius 3 is 2.41 bits per heavy atom. The number of hydrogen-bond donors (Lipinski definition) is 1. The summed E-state index contributed by atoms with van der Waals surface area (Å²) >= 11 is 2.49. The number of rotatable bonds is 6. The van der Waals surface area contributed by atoms with E-state index >= 15 is 0 Å². The predicted octanol–water partition coefficient (Wildman–Crippen LogP) is 4.44. The van der Waals surface area contributed by atoms with E-state index in [0.717, 1.165) is 4.90 Å². The van der Waals surface area contributed by atoms with Gasteiger partial charge in [0.15, 0.2) is 6.61 Å². The second-order valence-electron chi connectivity index (χ2n) is 5.61. The first-order valence-electron chi connectivity index (χ1n) is 8.33. The second kappa shape index (κ2) is 9.56. The Hall–Kier alpha value is -3.59. The summed E-state index contributed by atoms with van der Waals surface area (Å²) in [6.07, 6.45) is 0. The van der Waals surface area contributed by atoms with Crippen LogP contribution in [-0.2, 0) is 9.53 Å². The molecule has 0 saturated carbocycles. The third-order valence-electron chi connectivity index (χ3n) is 3.71. The van der Waals surface area contributed by atoms with E-state index in [1.54, 1.807) is 53.9 Å². The summed E-state index contributed by atoms with van der Waals surface area (Å²) in [5, 5.41) is 22.9. The van der Waals surface area contributed by atoms with Gasteiger partial charge in [-0.15, -0.1) is 11.3 Å². The zero-order valence-electron chi connectivity index (χ0n) is 14.9. The van der Waals surface area contributed by atoms with Crippen LogP contribution in [0.4, 0.5) is 5.00 Å². The first-order valence-corrected chi connectivity index (χ1v) is 10.0. The molecule has 0 bridgehead atoms. The topological polar surface area (TPSA) is 103 Å². The highest BCUT2D eigenvalue weighted by Crippen LogP contribution is 2.32. The molecule has 29 heavy (non-hydrogen) atoms. The molecule has 2 aromatic carbocycles. The van der Waals surface area contributed by atoms with Crippen LogP contribution in [0.1, 0.15) is 21.5 Å². The Morgan fingerprint density at radius 2 is 1.66 bits per heavy atom. The van der Waals surface area contributed by atoms with Crippen molar-refractivity contribution in [2.24, 2.45) is 0 Å². The van der Waals surface area contributed by atoms with Crippen molar-refractivity contribution < 1.29 is 14.3 Å². The van der Waals surface area contributed by atoms with Gasteiger partial charge in [0.05, 0.1) is 16.7 Å². The molecule has 1 heterocycles. The van der Waals surface area contributed by atoms with Gasteiger partial charge in [0.2, 0.25) is 0 Å². The normalized spacial score (nSPS) is 9.86. The molecule has 1 amide bonds. The maximum atomic E-state index is 12.5. The van der Waals surface area contributed by atoms with Crippen LogP contribution in [0.25, 0.3) is 0 Å². The standard InChI is InChI=1S/C21H13N3O3S2/c22-11-14-5-1-3-7-17(14)29-18-8-4-2-6-16(18)21(26)27-13-19(25)24-20-15(12-23)9-10-28-20/h1-10H,13H2,(H,24,25). The molecule has 3 aromatic rings. The van der Waals surface area contributed by atoms with Crippen molar-refractivity contribution >= 4 is 40.0 Å². The summed E-state index contributed by atoms with van der Waals surface area (Å²) in [4.78, 5) is 25.9. The number of carbonyl (C=O) groups excluding carboxylic acids is 2. The second-order valence-corrected chi connectivity index (χ2v) is 7.61. The predicted molar refractivity (Wildman–Crippen MR) is 110 cm³/mol. The van der Waals surface area contributed by atoms with Crippen LogP contribution in [0.3, 0.4) is 0 Å². The molecule has 0 radical (unpaired) electrons. The minimum Gasteiger partial charge on any atom is -0.452 e. The largest absolute Gasteiger partial charge is 0.452 e.